The molecule has 2 fully saturated rings. The topological polar surface area (TPSA) is 148 Å². The van der Waals surface area contributed by atoms with Crippen LogP contribution in [-0.4, -0.2) is 92.8 Å². The minimum Gasteiger partial charge on any atom is -0.508 e. The van der Waals surface area contributed by atoms with Crippen LogP contribution in [0.15, 0.2) is 78.9 Å². The molecule has 2 aliphatic rings. The molecule has 0 saturated carbocycles. The smallest absolute Gasteiger partial charge is 0.326 e. The number of phenols is 1. The molecule has 3 N–H and O–H groups in total. The second kappa shape index (κ2) is 13.4. The normalized spacial score (nSPS) is 17.3. The van der Waals surface area contributed by atoms with Crippen molar-refractivity contribution >= 4 is 29.6 Å². The van der Waals surface area contributed by atoms with Crippen LogP contribution in [-0.2, 0) is 27.3 Å². The summed E-state index contributed by atoms with van der Waals surface area (Å²) in [5, 5.41) is 22.1. The Hall–Kier alpha value is -5.19. The number of carbonyl (C=O) groups excluding carboxylic acids is 4. The number of benzene rings is 3. The quantitative estimate of drug-likeness (QED) is 0.342. The van der Waals surface area contributed by atoms with Gasteiger partial charge in [0.2, 0.25) is 11.8 Å². The number of carboxylic acid groups (broad SMARTS) is 1. The number of rotatable bonds is 9. The van der Waals surface area contributed by atoms with Crippen LogP contribution < -0.4 is 5.32 Å². The molecule has 11 heteroatoms. The van der Waals surface area contributed by atoms with Gasteiger partial charge < -0.3 is 30.2 Å². The van der Waals surface area contributed by atoms with E-state index in [0.29, 0.717) is 49.3 Å². The highest BCUT2D eigenvalue weighted by molar-refractivity contribution is 5.96. The molecule has 2 saturated heterocycles. The summed E-state index contributed by atoms with van der Waals surface area (Å²) in [5.74, 6) is -2.25. The van der Waals surface area contributed by atoms with Crippen LogP contribution in [0.2, 0.25) is 0 Å². The summed E-state index contributed by atoms with van der Waals surface area (Å²) in [5.41, 5.74) is 2.32. The van der Waals surface area contributed by atoms with Crippen molar-refractivity contribution in [2.45, 2.75) is 37.9 Å². The lowest BCUT2D eigenvalue weighted by Gasteiger charge is -2.35. The summed E-state index contributed by atoms with van der Waals surface area (Å²) in [7, 11) is 0. The summed E-state index contributed by atoms with van der Waals surface area (Å²) < 4.78 is 0. The Balaban J connectivity index is 1.15. The molecule has 0 radical (unpaired) electrons. The molecule has 0 spiro atoms. The number of amides is 4. The van der Waals surface area contributed by atoms with Crippen LogP contribution in [0, 0.1) is 0 Å². The Kier molecular flexibility index (Phi) is 9.23. The van der Waals surface area contributed by atoms with Crippen molar-refractivity contribution in [2.75, 3.05) is 26.2 Å². The molecule has 0 aliphatic carbocycles. The van der Waals surface area contributed by atoms with E-state index in [4.69, 9.17) is 0 Å². The molecule has 228 valence electrons. The lowest BCUT2D eigenvalue weighted by atomic mass is 10.0. The Bertz CT molecular complexity index is 1540. The first-order valence-corrected chi connectivity index (χ1v) is 14.5. The van der Waals surface area contributed by atoms with Crippen molar-refractivity contribution in [1.82, 2.24) is 20.0 Å². The molecule has 11 nitrogen and oxygen atoms in total. The maximum atomic E-state index is 13.1. The highest BCUT2D eigenvalue weighted by atomic mass is 16.4. The predicted octanol–water partition coefficient (Wildman–Crippen LogP) is 2.29. The van der Waals surface area contributed by atoms with E-state index >= 15 is 0 Å². The van der Waals surface area contributed by atoms with Gasteiger partial charge in [-0.3, -0.25) is 19.2 Å². The molecule has 0 bridgehead atoms. The van der Waals surface area contributed by atoms with Crippen molar-refractivity contribution in [3.63, 3.8) is 0 Å². The van der Waals surface area contributed by atoms with Gasteiger partial charge in [-0.05, 0) is 47.9 Å². The zero-order chi connectivity index (χ0) is 31.2. The van der Waals surface area contributed by atoms with E-state index in [1.165, 1.54) is 17.0 Å². The number of nitrogens with zero attached hydrogens (tertiary/aromatic N) is 3. The van der Waals surface area contributed by atoms with Gasteiger partial charge in [0, 0.05) is 56.7 Å². The number of carbonyl (C=O) groups is 5. The molecule has 44 heavy (non-hydrogen) atoms. The van der Waals surface area contributed by atoms with E-state index in [1.807, 2.05) is 30.3 Å². The van der Waals surface area contributed by atoms with Crippen molar-refractivity contribution in [3.8, 4) is 5.75 Å². The van der Waals surface area contributed by atoms with E-state index in [-0.39, 0.29) is 42.9 Å². The first kappa shape index (κ1) is 30.3. The van der Waals surface area contributed by atoms with Crippen molar-refractivity contribution in [2.24, 2.45) is 0 Å². The second-order valence-electron chi connectivity index (χ2n) is 11.0. The highest BCUT2D eigenvalue weighted by Gasteiger charge is 2.37. The summed E-state index contributed by atoms with van der Waals surface area (Å²) in [4.78, 5) is 68.3. The monoisotopic (exact) mass is 598 g/mol. The van der Waals surface area contributed by atoms with E-state index in [2.05, 4.69) is 5.32 Å². The van der Waals surface area contributed by atoms with Crippen LogP contribution in [0.5, 0.6) is 5.75 Å². The third-order valence-corrected chi connectivity index (χ3v) is 8.03. The van der Waals surface area contributed by atoms with Crippen LogP contribution in [0.4, 0.5) is 0 Å². The van der Waals surface area contributed by atoms with Gasteiger partial charge in [-0.25, -0.2) is 4.79 Å². The minimum absolute atomic E-state index is 0.00468. The number of carboxylic acids is 1. The molecule has 2 aliphatic heterocycles. The maximum Gasteiger partial charge on any atom is 0.326 e. The van der Waals surface area contributed by atoms with Crippen LogP contribution in [0.1, 0.15) is 44.7 Å². The van der Waals surface area contributed by atoms with Crippen LogP contribution in [0.3, 0.4) is 0 Å². The van der Waals surface area contributed by atoms with Gasteiger partial charge in [0.05, 0.1) is 0 Å². The van der Waals surface area contributed by atoms with E-state index in [9.17, 15) is 34.2 Å². The summed E-state index contributed by atoms with van der Waals surface area (Å²) >= 11 is 0. The highest BCUT2D eigenvalue weighted by Crippen LogP contribution is 2.22. The SMILES string of the molecule is O=C(O)[C@H](Cc1ccc(C(=O)N2CCN(C(=O)c3cccc(O)c3)CC2)cc1)NC(=O)[C@@H]1CCC(=O)N1Cc1ccccc1. The lowest BCUT2D eigenvalue weighted by molar-refractivity contribution is -0.143. The summed E-state index contributed by atoms with van der Waals surface area (Å²) in [6.07, 6.45) is 0.546. The number of aromatic hydroxyl groups is 1. The minimum atomic E-state index is -1.21. The third-order valence-electron chi connectivity index (χ3n) is 8.03. The maximum absolute atomic E-state index is 13.1. The lowest BCUT2D eigenvalue weighted by Crippen LogP contribution is -2.50. The fourth-order valence-corrected chi connectivity index (χ4v) is 5.59. The molecule has 0 aromatic heterocycles. The number of piperazine rings is 1. The van der Waals surface area contributed by atoms with Gasteiger partial charge >= 0.3 is 5.97 Å². The van der Waals surface area contributed by atoms with E-state index in [1.54, 1.807) is 46.2 Å². The molecular weight excluding hydrogens is 564 g/mol. The molecule has 5 rings (SSSR count). The molecule has 0 unspecified atom stereocenters. The van der Waals surface area contributed by atoms with Gasteiger partial charge in [0.1, 0.15) is 17.8 Å². The summed E-state index contributed by atoms with van der Waals surface area (Å²) in [6.45, 7) is 1.68. The molecule has 4 amide bonds. The zero-order valence-electron chi connectivity index (χ0n) is 24.1. The largest absolute Gasteiger partial charge is 0.508 e. The molecule has 3 aromatic rings. The van der Waals surface area contributed by atoms with Crippen LogP contribution >= 0.6 is 0 Å². The van der Waals surface area contributed by atoms with Crippen molar-refractivity contribution in [3.05, 3.63) is 101 Å². The van der Waals surface area contributed by atoms with Gasteiger partial charge in [0.15, 0.2) is 0 Å². The number of nitrogens with one attached hydrogen (secondary N) is 1. The van der Waals surface area contributed by atoms with Gasteiger partial charge in [-0.15, -0.1) is 0 Å². The Labute approximate surface area is 254 Å². The Morgan fingerprint density at radius 3 is 2.05 bits per heavy atom. The first-order valence-electron chi connectivity index (χ1n) is 14.5. The number of likely N-dealkylation sites (tertiary alicyclic amines) is 1. The average molecular weight is 599 g/mol. The van der Waals surface area contributed by atoms with Gasteiger partial charge in [-0.2, -0.15) is 0 Å². The zero-order valence-corrected chi connectivity index (χ0v) is 24.1. The van der Waals surface area contributed by atoms with Crippen molar-refractivity contribution in [1.29, 1.82) is 0 Å². The molecule has 2 heterocycles. The number of hydrogen-bond acceptors (Lipinski definition) is 6. The number of hydrogen-bond donors (Lipinski definition) is 3. The second-order valence-corrected chi connectivity index (χ2v) is 11.0. The predicted molar refractivity (Wildman–Crippen MR) is 160 cm³/mol. The number of aliphatic carboxylic acids is 1. The van der Waals surface area contributed by atoms with Crippen LogP contribution in [0.25, 0.3) is 0 Å². The summed E-state index contributed by atoms with van der Waals surface area (Å²) in [6, 6.07) is 20.1. The molecule has 2 atom stereocenters. The van der Waals surface area contributed by atoms with Gasteiger partial charge in [0.25, 0.3) is 11.8 Å². The average Bonchev–Trinajstić information content (AvgIpc) is 3.40. The van der Waals surface area contributed by atoms with E-state index < -0.39 is 24.0 Å². The van der Waals surface area contributed by atoms with E-state index in [0.717, 1.165) is 5.56 Å². The third kappa shape index (κ3) is 7.05. The van der Waals surface area contributed by atoms with Gasteiger partial charge in [-0.1, -0.05) is 48.5 Å². The first-order chi connectivity index (χ1) is 21.2. The molecular formula is C33H34N4O7. The number of phenolic OH excluding ortho intramolecular Hbond substituents is 1. The standard InChI is InChI=1S/C33H34N4O7/c38-26-8-4-7-25(20-26)32(42)36-17-15-35(16-18-36)31(41)24-11-9-22(10-12-24)19-27(33(43)44)34-30(40)28-13-14-29(39)37(28)21-23-5-2-1-3-6-23/h1-12,20,27-28,38H,13-19,21H2,(H,34,40)(H,43,44)/t27-,28-/m0/s1. The Morgan fingerprint density at radius 1 is 0.795 bits per heavy atom. The van der Waals surface area contributed by atoms with Crippen molar-refractivity contribution < 1.29 is 34.2 Å². The molecule has 3 aromatic carbocycles. The fourth-order valence-electron chi connectivity index (χ4n) is 5.59. The Morgan fingerprint density at radius 2 is 1.43 bits per heavy atom. The fraction of sp³-hybridized carbons (Fsp3) is 0.303.